The molecule has 32 heavy (non-hydrogen) atoms. The summed E-state index contributed by atoms with van der Waals surface area (Å²) in [5, 5.41) is 3.47. The van der Waals surface area contributed by atoms with Gasteiger partial charge in [-0.15, -0.1) is 0 Å². The number of nitrogens with one attached hydrogen (secondary N) is 1. The van der Waals surface area contributed by atoms with Crippen LogP contribution in [0.4, 0.5) is 0 Å². The van der Waals surface area contributed by atoms with Crippen molar-refractivity contribution in [2.24, 2.45) is 0 Å². The predicted molar refractivity (Wildman–Crippen MR) is 131 cm³/mol. The van der Waals surface area contributed by atoms with Gasteiger partial charge in [0.1, 0.15) is 0 Å². The summed E-state index contributed by atoms with van der Waals surface area (Å²) in [4.78, 5) is 12.4. The first-order valence-electron chi connectivity index (χ1n) is 12.3. The highest BCUT2D eigenvalue weighted by Gasteiger charge is 2.29. The number of benzene rings is 1. The summed E-state index contributed by atoms with van der Waals surface area (Å²) in [6.45, 7) is 6.31. The molecule has 0 saturated carbocycles. The molecule has 0 saturated heterocycles. The van der Waals surface area contributed by atoms with E-state index in [2.05, 4.69) is 59.6 Å². The number of pyridine rings is 2. The molecule has 1 unspecified atom stereocenters. The van der Waals surface area contributed by atoms with Crippen molar-refractivity contribution in [1.29, 1.82) is 0 Å². The average Bonchev–Trinajstić information content (AvgIpc) is 3.22. The van der Waals surface area contributed by atoms with Crippen LogP contribution in [0.2, 0.25) is 0 Å². The van der Waals surface area contributed by atoms with E-state index in [1.54, 1.807) is 0 Å². The van der Waals surface area contributed by atoms with E-state index in [0.29, 0.717) is 6.04 Å². The van der Waals surface area contributed by atoms with Gasteiger partial charge in [0.2, 0.25) is 0 Å². The smallest absolute Gasteiger partial charge is 0.0607 e. The Bertz CT molecular complexity index is 1060. The van der Waals surface area contributed by atoms with Crippen molar-refractivity contribution in [2.75, 3.05) is 19.6 Å². The Hall–Kier alpha value is -2.56. The standard InChI is InChI=1S/C28H34N4/c1-2-29-15-5-6-18-32(27-13-7-10-21-11-8-16-31-28(21)27)20-26-25-19-22-9-3-4-12-23(22)24(25)14-17-30-26/h3-4,8-9,11-12,14,16-17,27,29H,2,5-7,10,13,15,18-20H2,1H3. The van der Waals surface area contributed by atoms with Gasteiger partial charge >= 0.3 is 0 Å². The lowest BCUT2D eigenvalue weighted by Crippen LogP contribution is -2.33. The molecule has 166 valence electrons. The molecule has 2 heterocycles. The fourth-order valence-electron chi connectivity index (χ4n) is 5.47. The molecule has 0 radical (unpaired) electrons. The third-order valence-electron chi connectivity index (χ3n) is 7.08. The Morgan fingerprint density at radius 2 is 1.88 bits per heavy atom. The summed E-state index contributed by atoms with van der Waals surface area (Å²) < 4.78 is 0. The largest absolute Gasteiger partial charge is 0.317 e. The van der Waals surface area contributed by atoms with Gasteiger partial charge in [0.15, 0.2) is 0 Å². The first-order chi connectivity index (χ1) is 15.8. The minimum Gasteiger partial charge on any atom is -0.317 e. The van der Waals surface area contributed by atoms with Crippen LogP contribution in [0.15, 0.2) is 54.9 Å². The van der Waals surface area contributed by atoms with Crippen molar-refractivity contribution in [3.8, 4) is 11.1 Å². The zero-order chi connectivity index (χ0) is 21.8. The van der Waals surface area contributed by atoms with Gasteiger partial charge < -0.3 is 5.32 Å². The molecular weight excluding hydrogens is 392 g/mol. The maximum atomic E-state index is 4.91. The highest BCUT2D eigenvalue weighted by atomic mass is 15.2. The van der Waals surface area contributed by atoms with E-state index < -0.39 is 0 Å². The third-order valence-corrected chi connectivity index (χ3v) is 7.08. The number of nitrogens with zero attached hydrogens (tertiary/aromatic N) is 3. The Balaban J connectivity index is 1.41. The number of rotatable bonds is 9. The van der Waals surface area contributed by atoms with Crippen molar-refractivity contribution < 1.29 is 0 Å². The van der Waals surface area contributed by atoms with Gasteiger partial charge in [0.05, 0.1) is 17.4 Å². The van der Waals surface area contributed by atoms with Gasteiger partial charge in [-0.3, -0.25) is 14.9 Å². The fourth-order valence-corrected chi connectivity index (χ4v) is 5.47. The molecule has 3 aromatic rings. The minimum atomic E-state index is 0.389. The summed E-state index contributed by atoms with van der Waals surface area (Å²) in [6, 6.07) is 15.8. The lowest BCUT2D eigenvalue weighted by molar-refractivity contribution is 0.160. The molecule has 2 aliphatic rings. The van der Waals surface area contributed by atoms with E-state index in [4.69, 9.17) is 9.97 Å². The lowest BCUT2D eigenvalue weighted by Gasteiger charge is -2.35. The zero-order valence-corrected chi connectivity index (χ0v) is 19.2. The van der Waals surface area contributed by atoms with Crippen LogP contribution in [0, 0.1) is 0 Å². The van der Waals surface area contributed by atoms with E-state index in [1.165, 1.54) is 64.9 Å². The predicted octanol–water partition coefficient (Wildman–Crippen LogP) is 5.32. The first-order valence-corrected chi connectivity index (χ1v) is 12.3. The molecule has 0 spiro atoms. The lowest BCUT2D eigenvalue weighted by atomic mass is 9.90. The molecule has 2 aromatic heterocycles. The first kappa shape index (κ1) is 21.3. The van der Waals surface area contributed by atoms with Crippen molar-refractivity contribution in [2.45, 2.75) is 58.0 Å². The van der Waals surface area contributed by atoms with Crippen molar-refractivity contribution in [1.82, 2.24) is 20.2 Å². The molecule has 1 N–H and O–H groups in total. The molecule has 0 fully saturated rings. The Morgan fingerprint density at radius 3 is 2.81 bits per heavy atom. The number of hydrogen-bond donors (Lipinski definition) is 1. The van der Waals surface area contributed by atoms with Gasteiger partial charge in [-0.1, -0.05) is 37.3 Å². The van der Waals surface area contributed by atoms with Crippen LogP contribution in [-0.4, -0.2) is 34.5 Å². The Labute approximate surface area is 192 Å². The summed E-state index contributed by atoms with van der Waals surface area (Å²) in [5.74, 6) is 0. The third kappa shape index (κ3) is 4.35. The maximum Gasteiger partial charge on any atom is 0.0607 e. The number of aryl methyl sites for hydroxylation is 1. The Morgan fingerprint density at radius 1 is 0.969 bits per heavy atom. The van der Waals surface area contributed by atoms with Crippen molar-refractivity contribution >= 4 is 0 Å². The van der Waals surface area contributed by atoms with Crippen LogP contribution < -0.4 is 5.32 Å². The zero-order valence-electron chi connectivity index (χ0n) is 19.2. The van der Waals surface area contributed by atoms with Crippen LogP contribution in [0.25, 0.3) is 11.1 Å². The second kappa shape index (κ2) is 9.93. The highest BCUT2D eigenvalue weighted by molar-refractivity contribution is 5.77. The molecule has 5 rings (SSSR count). The van der Waals surface area contributed by atoms with Gasteiger partial charge in [-0.05, 0) is 91.7 Å². The van der Waals surface area contributed by atoms with E-state index >= 15 is 0 Å². The molecule has 2 aliphatic carbocycles. The summed E-state index contributed by atoms with van der Waals surface area (Å²) in [7, 11) is 0. The SMILES string of the molecule is CCNCCCCN(Cc1nccc2c1Cc1ccccc1-2)C1CCCc2cccnc21. The van der Waals surface area contributed by atoms with Crippen LogP contribution in [0.1, 0.15) is 66.7 Å². The van der Waals surface area contributed by atoms with E-state index in [-0.39, 0.29) is 0 Å². The number of hydrogen-bond acceptors (Lipinski definition) is 4. The molecule has 0 amide bonds. The van der Waals surface area contributed by atoms with E-state index in [9.17, 15) is 0 Å². The van der Waals surface area contributed by atoms with E-state index in [0.717, 1.165) is 39.0 Å². The minimum absolute atomic E-state index is 0.389. The molecule has 1 aromatic carbocycles. The van der Waals surface area contributed by atoms with Gasteiger partial charge in [-0.25, -0.2) is 0 Å². The number of unbranched alkanes of at least 4 members (excludes halogenated alkanes) is 1. The molecule has 0 bridgehead atoms. The summed E-state index contributed by atoms with van der Waals surface area (Å²) in [6.07, 6.45) is 11.0. The molecular formula is C28H34N4. The molecule has 4 heteroatoms. The maximum absolute atomic E-state index is 4.91. The normalized spacial score (nSPS) is 16.6. The summed E-state index contributed by atoms with van der Waals surface area (Å²) >= 11 is 0. The second-order valence-corrected chi connectivity index (χ2v) is 9.10. The molecule has 4 nitrogen and oxygen atoms in total. The molecule has 1 atom stereocenters. The van der Waals surface area contributed by atoms with Gasteiger partial charge in [0, 0.05) is 25.4 Å². The summed E-state index contributed by atoms with van der Waals surface area (Å²) in [5.41, 5.74) is 9.57. The van der Waals surface area contributed by atoms with E-state index in [1.807, 2.05) is 12.4 Å². The monoisotopic (exact) mass is 426 g/mol. The van der Waals surface area contributed by atoms with Gasteiger partial charge in [-0.2, -0.15) is 0 Å². The number of aromatic nitrogens is 2. The van der Waals surface area contributed by atoms with Crippen LogP contribution >= 0.6 is 0 Å². The average molecular weight is 427 g/mol. The fraction of sp³-hybridized carbons (Fsp3) is 0.429. The van der Waals surface area contributed by atoms with Crippen molar-refractivity contribution in [3.63, 3.8) is 0 Å². The second-order valence-electron chi connectivity index (χ2n) is 9.10. The van der Waals surface area contributed by atoms with Crippen molar-refractivity contribution in [3.05, 3.63) is 82.9 Å². The topological polar surface area (TPSA) is 41.0 Å². The quantitative estimate of drug-likeness (QED) is 0.368. The Kier molecular flexibility index (Phi) is 6.61. The molecule has 0 aliphatic heterocycles. The van der Waals surface area contributed by atoms with Crippen LogP contribution in [0.5, 0.6) is 0 Å². The number of fused-ring (bicyclic) bond motifs is 4. The van der Waals surface area contributed by atoms with Crippen LogP contribution in [-0.2, 0) is 19.4 Å². The highest BCUT2D eigenvalue weighted by Crippen LogP contribution is 2.39. The van der Waals surface area contributed by atoms with Crippen LogP contribution in [0.3, 0.4) is 0 Å². The van der Waals surface area contributed by atoms with Gasteiger partial charge in [0.25, 0.3) is 0 Å².